The summed E-state index contributed by atoms with van der Waals surface area (Å²) in [4.78, 5) is 20.1. The van der Waals surface area contributed by atoms with Crippen molar-refractivity contribution in [3.05, 3.63) is 17.5 Å². The highest BCUT2D eigenvalue weighted by atomic mass is 16.5. The third-order valence-corrected chi connectivity index (χ3v) is 2.31. The smallest absolute Gasteiger partial charge is 0.270 e. The molecule has 100 valence electrons. The molecule has 0 aromatic carbocycles. The summed E-state index contributed by atoms with van der Waals surface area (Å²) in [5.74, 6) is 0.224. The first kappa shape index (κ1) is 14.4. The van der Waals surface area contributed by atoms with E-state index in [0.717, 1.165) is 5.69 Å². The number of aromatic nitrogens is 2. The lowest BCUT2D eigenvalue weighted by Gasteiger charge is -2.12. The zero-order valence-corrected chi connectivity index (χ0v) is 11.3. The maximum Gasteiger partial charge on any atom is 0.270 e. The molecule has 1 rings (SSSR count). The minimum atomic E-state index is -0.219. The number of hydrogen-bond acceptors (Lipinski definition) is 5. The number of anilines is 1. The predicted octanol–water partition coefficient (Wildman–Crippen LogP) is 0.982. The molecule has 0 aliphatic carbocycles. The molecule has 6 nitrogen and oxygen atoms in total. The van der Waals surface area contributed by atoms with E-state index < -0.39 is 0 Å². The molecule has 1 aromatic heterocycles. The summed E-state index contributed by atoms with van der Waals surface area (Å²) in [6.07, 6.45) is -0.00865. The molecule has 1 aromatic rings. The Bertz CT molecular complexity index is 409. The SMILES string of the molecule is CCOC(C)CNC(=O)c1cc(C)nc(NC)n1. The molecule has 2 N–H and O–H groups in total. The second kappa shape index (κ2) is 6.90. The molecule has 6 heteroatoms. The summed E-state index contributed by atoms with van der Waals surface area (Å²) < 4.78 is 5.34. The Morgan fingerprint density at radius 1 is 1.50 bits per heavy atom. The molecule has 1 heterocycles. The van der Waals surface area contributed by atoms with E-state index in [1.165, 1.54) is 0 Å². The van der Waals surface area contributed by atoms with Crippen molar-refractivity contribution >= 4 is 11.9 Å². The molecule has 0 saturated carbocycles. The quantitative estimate of drug-likeness (QED) is 0.789. The molecular weight excluding hydrogens is 232 g/mol. The van der Waals surface area contributed by atoms with Crippen LogP contribution in [0, 0.1) is 6.92 Å². The highest BCUT2D eigenvalue weighted by Crippen LogP contribution is 2.04. The normalized spacial score (nSPS) is 12.0. The van der Waals surface area contributed by atoms with Gasteiger partial charge >= 0.3 is 0 Å². The van der Waals surface area contributed by atoms with Gasteiger partial charge in [-0.2, -0.15) is 0 Å². The van der Waals surface area contributed by atoms with Crippen molar-refractivity contribution in [3.63, 3.8) is 0 Å². The summed E-state index contributed by atoms with van der Waals surface area (Å²) in [5, 5.41) is 5.60. The number of aryl methyl sites for hydroxylation is 1. The van der Waals surface area contributed by atoms with Crippen molar-refractivity contribution in [2.45, 2.75) is 26.9 Å². The van der Waals surface area contributed by atoms with Crippen LogP contribution in [0.15, 0.2) is 6.07 Å². The molecule has 0 aliphatic heterocycles. The number of carbonyl (C=O) groups excluding carboxylic acids is 1. The highest BCUT2D eigenvalue weighted by Gasteiger charge is 2.11. The molecule has 0 saturated heterocycles. The van der Waals surface area contributed by atoms with Crippen LogP contribution in [0.2, 0.25) is 0 Å². The van der Waals surface area contributed by atoms with Gasteiger partial charge in [-0.15, -0.1) is 0 Å². The molecule has 1 unspecified atom stereocenters. The first-order chi connectivity index (χ1) is 8.56. The van der Waals surface area contributed by atoms with E-state index in [9.17, 15) is 4.79 Å². The van der Waals surface area contributed by atoms with Crippen molar-refractivity contribution in [2.24, 2.45) is 0 Å². The van der Waals surface area contributed by atoms with Gasteiger partial charge in [0.05, 0.1) is 6.10 Å². The largest absolute Gasteiger partial charge is 0.377 e. The number of nitrogens with zero attached hydrogens (tertiary/aromatic N) is 2. The maximum atomic E-state index is 11.9. The zero-order valence-electron chi connectivity index (χ0n) is 11.3. The van der Waals surface area contributed by atoms with Crippen molar-refractivity contribution in [2.75, 3.05) is 25.5 Å². The van der Waals surface area contributed by atoms with E-state index in [1.54, 1.807) is 13.1 Å². The van der Waals surface area contributed by atoms with E-state index in [2.05, 4.69) is 20.6 Å². The lowest BCUT2D eigenvalue weighted by Crippen LogP contribution is -2.32. The van der Waals surface area contributed by atoms with E-state index in [-0.39, 0.29) is 12.0 Å². The van der Waals surface area contributed by atoms with Crippen LogP contribution in [0.4, 0.5) is 5.95 Å². The fourth-order valence-corrected chi connectivity index (χ4v) is 1.47. The van der Waals surface area contributed by atoms with E-state index in [1.807, 2.05) is 20.8 Å². The lowest BCUT2D eigenvalue weighted by atomic mass is 10.3. The Hall–Kier alpha value is -1.69. The fraction of sp³-hybridized carbons (Fsp3) is 0.583. The Kier molecular flexibility index (Phi) is 5.51. The number of hydrogen-bond donors (Lipinski definition) is 2. The Morgan fingerprint density at radius 3 is 2.83 bits per heavy atom. The molecule has 0 fully saturated rings. The monoisotopic (exact) mass is 252 g/mol. The number of ether oxygens (including phenoxy) is 1. The van der Waals surface area contributed by atoms with E-state index >= 15 is 0 Å². The average molecular weight is 252 g/mol. The first-order valence-corrected chi connectivity index (χ1v) is 6.00. The predicted molar refractivity (Wildman–Crippen MR) is 69.7 cm³/mol. The average Bonchev–Trinajstić information content (AvgIpc) is 2.35. The van der Waals surface area contributed by atoms with Gasteiger partial charge in [0.25, 0.3) is 5.91 Å². The summed E-state index contributed by atoms with van der Waals surface area (Å²) in [6.45, 7) is 6.75. The molecule has 0 spiro atoms. The van der Waals surface area contributed by atoms with Crippen molar-refractivity contribution in [1.29, 1.82) is 0 Å². The molecule has 0 aliphatic rings. The third-order valence-electron chi connectivity index (χ3n) is 2.31. The molecule has 0 bridgehead atoms. The highest BCUT2D eigenvalue weighted by molar-refractivity contribution is 5.92. The van der Waals surface area contributed by atoms with Gasteiger partial charge in [-0.1, -0.05) is 0 Å². The molecule has 0 radical (unpaired) electrons. The fourth-order valence-electron chi connectivity index (χ4n) is 1.47. The topological polar surface area (TPSA) is 76.1 Å². The zero-order chi connectivity index (χ0) is 13.5. The summed E-state index contributed by atoms with van der Waals surface area (Å²) in [5.41, 5.74) is 1.10. The van der Waals surface area contributed by atoms with Crippen LogP contribution in [0.1, 0.15) is 30.0 Å². The number of carbonyl (C=O) groups is 1. The standard InChI is InChI=1S/C12H20N4O2/c1-5-18-9(3)7-14-11(17)10-6-8(2)15-12(13-4)16-10/h6,9H,5,7H2,1-4H3,(H,14,17)(H,13,15,16). The van der Waals surface area contributed by atoms with Crippen LogP contribution < -0.4 is 10.6 Å². The van der Waals surface area contributed by atoms with Crippen LogP contribution >= 0.6 is 0 Å². The van der Waals surface area contributed by atoms with Crippen molar-refractivity contribution in [3.8, 4) is 0 Å². The minimum Gasteiger partial charge on any atom is -0.377 e. The number of amides is 1. The summed E-state index contributed by atoms with van der Waals surface area (Å²) >= 11 is 0. The van der Waals surface area contributed by atoms with Crippen LogP contribution in [0.5, 0.6) is 0 Å². The lowest BCUT2D eigenvalue weighted by molar-refractivity contribution is 0.0693. The van der Waals surface area contributed by atoms with E-state index in [4.69, 9.17) is 4.74 Å². The number of nitrogens with one attached hydrogen (secondary N) is 2. The van der Waals surface area contributed by atoms with Gasteiger partial charge < -0.3 is 15.4 Å². The van der Waals surface area contributed by atoms with Gasteiger partial charge in [0.2, 0.25) is 5.95 Å². The van der Waals surface area contributed by atoms with Gasteiger partial charge in [0, 0.05) is 25.9 Å². The first-order valence-electron chi connectivity index (χ1n) is 6.00. The van der Waals surface area contributed by atoms with Crippen LogP contribution in [0.25, 0.3) is 0 Å². The van der Waals surface area contributed by atoms with Crippen molar-refractivity contribution in [1.82, 2.24) is 15.3 Å². The summed E-state index contributed by atoms with van der Waals surface area (Å²) in [7, 11) is 1.72. The van der Waals surface area contributed by atoms with Crippen LogP contribution in [0.3, 0.4) is 0 Å². The second-order valence-corrected chi connectivity index (χ2v) is 3.94. The van der Waals surface area contributed by atoms with Gasteiger partial charge in [-0.25, -0.2) is 9.97 Å². The third kappa shape index (κ3) is 4.29. The van der Waals surface area contributed by atoms with Gasteiger partial charge in [-0.3, -0.25) is 4.79 Å². The molecular formula is C12H20N4O2. The molecule has 1 amide bonds. The minimum absolute atomic E-state index is 0.00865. The van der Waals surface area contributed by atoms with Crippen LogP contribution in [-0.2, 0) is 4.74 Å². The van der Waals surface area contributed by atoms with E-state index in [0.29, 0.717) is 24.8 Å². The Balaban J connectivity index is 2.63. The molecule has 1 atom stereocenters. The van der Waals surface area contributed by atoms with Crippen LogP contribution in [-0.4, -0.2) is 42.2 Å². The number of rotatable bonds is 6. The van der Waals surface area contributed by atoms with Gasteiger partial charge in [0.1, 0.15) is 5.69 Å². The van der Waals surface area contributed by atoms with Crippen molar-refractivity contribution < 1.29 is 9.53 Å². The van der Waals surface area contributed by atoms with Gasteiger partial charge in [-0.05, 0) is 26.8 Å². The molecule has 18 heavy (non-hydrogen) atoms. The summed E-state index contributed by atoms with van der Waals surface area (Å²) in [6, 6.07) is 1.65. The maximum absolute atomic E-state index is 11.9. The van der Waals surface area contributed by atoms with Gasteiger partial charge in [0.15, 0.2) is 0 Å². The Morgan fingerprint density at radius 2 is 2.22 bits per heavy atom. The second-order valence-electron chi connectivity index (χ2n) is 3.94. The Labute approximate surface area is 107 Å².